The summed E-state index contributed by atoms with van der Waals surface area (Å²) >= 11 is 0. The van der Waals surface area contributed by atoms with Gasteiger partial charge in [-0.15, -0.1) is 0 Å². The topological polar surface area (TPSA) is 117 Å². The van der Waals surface area contributed by atoms with E-state index in [-0.39, 0.29) is 16.1 Å². The first-order valence-corrected chi connectivity index (χ1v) is 9.63. The Morgan fingerprint density at radius 2 is 1.79 bits per heavy atom. The lowest BCUT2D eigenvalue weighted by Gasteiger charge is -2.15. The molecule has 0 radical (unpaired) electrons. The van der Waals surface area contributed by atoms with E-state index in [0.717, 1.165) is 4.31 Å². The largest absolute Gasteiger partial charge is 0.449 e. The lowest BCUT2D eigenvalue weighted by Crippen LogP contribution is -2.30. The van der Waals surface area contributed by atoms with Crippen molar-refractivity contribution in [3.05, 3.63) is 59.7 Å². The highest BCUT2D eigenvalue weighted by Crippen LogP contribution is 2.18. The van der Waals surface area contributed by atoms with E-state index in [9.17, 15) is 18.0 Å². The van der Waals surface area contributed by atoms with Crippen LogP contribution < -0.4 is 5.32 Å². The van der Waals surface area contributed by atoms with E-state index in [1.54, 1.807) is 0 Å². The van der Waals surface area contributed by atoms with Gasteiger partial charge in [0.2, 0.25) is 10.0 Å². The minimum Gasteiger partial charge on any atom is -0.449 e. The third kappa shape index (κ3) is 4.94. The number of nitriles is 1. The molecule has 0 aliphatic rings. The molecular weight excluding hydrogens is 382 g/mol. The maximum absolute atomic E-state index is 12.3. The zero-order valence-corrected chi connectivity index (χ0v) is 16.4. The van der Waals surface area contributed by atoms with Gasteiger partial charge in [-0.1, -0.05) is 6.07 Å². The Kier molecular flexibility index (Phi) is 6.51. The maximum Gasteiger partial charge on any atom is 0.338 e. The Morgan fingerprint density at radius 1 is 1.14 bits per heavy atom. The molecule has 0 fully saturated rings. The summed E-state index contributed by atoms with van der Waals surface area (Å²) < 4.78 is 30.5. The van der Waals surface area contributed by atoms with Gasteiger partial charge in [0, 0.05) is 19.8 Å². The van der Waals surface area contributed by atoms with Crippen molar-refractivity contribution in [1.29, 1.82) is 5.26 Å². The second-order valence-corrected chi connectivity index (χ2v) is 8.19. The zero-order chi connectivity index (χ0) is 20.9. The molecule has 0 spiro atoms. The highest BCUT2D eigenvalue weighted by Gasteiger charge is 2.21. The molecule has 2 aromatic carbocycles. The molecule has 28 heavy (non-hydrogen) atoms. The van der Waals surface area contributed by atoms with Crippen molar-refractivity contribution in [1.82, 2.24) is 4.31 Å². The number of hydrogen-bond donors (Lipinski definition) is 1. The van der Waals surface area contributed by atoms with Gasteiger partial charge in [-0.05, 0) is 49.4 Å². The van der Waals surface area contributed by atoms with Crippen LogP contribution in [0.25, 0.3) is 0 Å². The molecule has 0 unspecified atom stereocenters. The highest BCUT2D eigenvalue weighted by atomic mass is 32.2. The van der Waals surface area contributed by atoms with E-state index in [4.69, 9.17) is 10.00 Å². The lowest BCUT2D eigenvalue weighted by atomic mass is 10.1. The number of esters is 1. The summed E-state index contributed by atoms with van der Waals surface area (Å²) in [5.41, 5.74) is 0.863. The molecule has 0 bridgehead atoms. The molecule has 9 heteroatoms. The van der Waals surface area contributed by atoms with E-state index in [2.05, 4.69) is 5.32 Å². The minimum absolute atomic E-state index is 0.0255. The van der Waals surface area contributed by atoms with Crippen LogP contribution in [-0.4, -0.2) is 44.8 Å². The van der Waals surface area contributed by atoms with E-state index in [1.807, 2.05) is 6.07 Å². The Bertz CT molecular complexity index is 1020. The van der Waals surface area contributed by atoms with Crippen molar-refractivity contribution >= 4 is 27.6 Å². The van der Waals surface area contributed by atoms with Crippen molar-refractivity contribution < 1.29 is 22.7 Å². The first-order chi connectivity index (χ1) is 13.1. The standard InChI is InChI=1S/C19H19N3O5S/c1-13(27-19(24)15-9-7-14(12-20)8-10-15)18(23)21-16-5-4-6-17(11-16)28(25,26)22(2)3/h4-11,13H,1-3H3,(H,21,23)/t13-/m1/s1. The predicted molar refractivity (Wildman–Crippen MR) is 102 cm³/mol. The summed E-state index contributed by atoms with van der Waals surface area (Å²) in [4.78, 5) is 24.4. The molecule has 0 saturated heterocycles. The van der Waals surface area contributed by atoms with Crippen LogP contribution in [0, 0.1) is 11.3 Å². The SMILES string of the molecule is C[C@@H](OC(=O)c1ccc(C#N)cc1)C(=O)Nc1cccc(S(=O)(=O)N(C)C)c1. The van der Waals surface area contributed by atoms with E-state index < -0.39 is 28.0 Å². The fraction of sp³-hybridized carbons (Fsp3) is 0.211. The van der Waals surface area contributed by atoms with Crippen molar-refractivity contribution in [2.24, 2.45) is 0 Å². The Hall–Kier alpha value is -3.22. The molecule has 0 heterocycles. The lowest BCUT2D eigenvalue weighted by molar-refractivity contribution is -0.123. The van der Waals surface area contributed by atoms with Crippen molar-refractivity contribution in [3.8, 4) is 6.07 Å². The number of anilines is 1. The summed E-state index contributed by atoms with van der Waals surface area (Å²) in [5.74, 6) is -1.32. The molecule has 2 aromatic rings. The smallest absolute Gasteiger partial charge is 0.338 e. The van der Waals surface area contributed by atoms with Gasteiger partial charge >= 0.3 is 5.97 Å². The number of nitrogens with one attached hydrogen (secondary N) is 1. The van der Waals surface area contributed by atoms with E-state index in [1.165, 1.54) is 69.6 Å². The van der Waals surface area contributed by atoms with E-state index >= 15 is 0 Å². The Morgan fingerprint density at radius 3 is 2.36 bits per heavy atom. The molecule has 1 atom stereocenters. The molecule has 1 amide bonds. The van der Waals surface area contributed by atoms with Crippen LogP contribution >= 0.6 is 0 Å². The quantitative estimate of drug-likeness (QED) is 0.740. The molecule has 8 nitrogen and oxygen atoms in total. The van der Waals surface area contributed by atoms with Gasteiger partial charge in [0.1, 0.15) is 0 Å². The average molecular weight is 401 g/mol. The average Bonchev–Trinajstić information content (AvgIpc) is 2.68. The predicted octanol–water partition coefficient (Wildman–Crippen LogP) is 1.99. The van der Waals surface area contributed by atoms with Gasteiger partial charge in [0.05, 0.1) is 22.1 Å². The summed E-state index contributed by atoms with van der Waals surface area (Å²) in [5, 5.41) is 11.3. The molecule has 1 N–H and O–H groups in total. The van der Waals surface area contributed by atoms with Gasteiger partial charge < -0.3 is 10.1 Å². The zero-order valence-electron chi connectivity index (χ0n) is 15.5. The monoisotopic (exact) mass is 401 g/mol. The third-order valence-corrected chi connectivity index (χ3v) is 5.59. The van der Waals surface area contributed by atoms with Crippen molar-refractivity contribution in [2.45, 2.75) is 17.9 Å². The fourth-order valence-corrected chi connectivity index (χ4v) is 3.10. The fourth-order valence-electron chi connectivity index (χ4n) is 2.15. The second kappa shape index (κ2) is 8.65. The van der Waals surface area contributed by atoms with Gasteiger partial charge in [-0.2, -0.15) is 5.26 Å². The maximum atomic E-state index is 12.3. The van der Waals surface area contributed by atoms with Crippen LogP contribution in [0.5, 0.6) is 0 Å². The summed E-state index contributed by atoms with van der Waals surface area (Å²) in [7, 11) is -0.826. The normalized spacial score (nSPS) is 12.1. The summed E-state index contributed by atoms with van der Waals surface area (Å²) in [6.45, 7) is 1.40. The van der Waals surface area contributed by atoms with Crippen LogP contribution in [-0.2, 0) is 19.6 Å². The van der Waals surface area contributed by atoms with Gasteiger partial charge in [0.25, 0.3) is 5.91 Å². The van der Waals surface area contributed by atoms with Crippen LogP contribution in [0.2, 0.25) is 0 Å². The Labute approximate surface area is 163 Å². The number of hydrogen-bond acceptors (Lipinski definition) is 6. The number of ether oxygens (including phenoxy) is 1. The van der Waals surface area contributed by atoms with Crippen LogP contribution in [0.1, 0.15) is 22.8 Å². The number of carbonyl (C=O) groups excluding carboxylic acids is 2. The van der Waals surface area contributed by atoms with Crippen LogP contribution in [0.3, 0.4) is 0 Å². The number of amides is 1. The Balaban J connectivity index is 2.06. The van der Waals surface area contributed by atoms with Crippen LogP contribution in [0.4, 0.5) is 5.69 Å². The number of rotatable bonds is 6. The first kappa shape index (κ1) is 21.1. The van der Waals surface area contributed by atoms with Crippen molar-refractivity contribution in [2.75, 3.05) is 19.4 Å². The highest BCUT2D eigenvalue weighted by molar-refractivity contribution is 7.89. The van der Waals surface area contributed by atoms with Gasteiger partial charge in [-0.25, -0.2) is 17.5 Å². The molecule has 0 aromatic heterocycles. The number of nitrogens with zero attached hydrogens (tertiary/aromatic N) is 2. The van der Waals surface area contributed by atoms with Gasteiger partial charge in [0.15, 0.2) is 6.10 Å². The number of carbonyl (C=O) groups is 2. The summed E-state index contributed by atoms with van der Waals surface area (Å²) in [6, 6.07) is 13.5. The molecule has 146 valence electrons. The number of sulfonamides is 1. The molecule has 0 aliphatic carbocycles. The number of benzene rings is 2. The molecular formula is C19H19N3O5S. The van der Waals surface area contributed by atoms with Crippen LogP contribution in [0.15, 0.2) is 53.4 Å². The minimum atomic E-state index is -3.64. The van der Waals surface area contributed by atoms with Gasteiger partial charge in [-0.3, -0.25) is 4.79 Å². The molecule has 2 rings (SSSR count). The molecule has 0 aliphatic heterocycles. The third-order valence-electron chi connectivity index (χ3n) is 3.78. The molecule has 0 saturated carbocycles. The first-order valence-electron chi connectivity index (χ1n) is 8.19. The second-order valence-electron chi connectivity index (χ2n) is 6.04. The van der Waals surface area contributed by atoms with Crippen molar-refractivity contribution in [3.63, 3.8) is 0 Å². The summed E-state index contributed by atoms with van der Waals surface area (Å²) in [6.07, 6.45) is -1.11. The van der Waals surface area contributed by atoms with E-state index in [0.29, 0.717) is 5.56 Å².